The van der Waals surface area contributed by atoms with Gasteiger partial charge in [0, 0.05) is 19.5 Å². The zero-order chi connectivity index (χ0) is 11.6. The molecule has 11 heteroatoms. The summed E-state index contributed by atoms with van der Waals surface area (Å²) in [5, 5.41) is 7.12. The van der Waals surface area contributed by atoms with E-state index in [-0.39, 0.29) is 19.5 Å². The van der Waals surface area contributed by atoms with Gasteiger partial charge in [-0.15, -0.1) is 0 Å². The van der Waals surface area contributed by atoms with Gasteiger partial charge in [-0.05, 0) is 0 Å². The van der Waals surface area contributed by atoms with Crippen molar-refractivity contribution in [2.45, 2.75) is 12.4 Å². The van der Waals surface area contributed by atoms with Crippen molar-refractivity contribution in [3.05, 3.63) is 5.96 Å². The molecular weight excluding hydrogens is 291 g/mol. The van der Waals surface area contributed by atoms with Crippen molar-refractivity contribution in [2.75, 3.05) is 0 Å². The third kappa shape index (κ3) is 8.16. The number of alkyl halides is 6. The summed E-state index contributed by atoms with van der Waals surface area (Å²) in [5.74, 6) is -4.01. The zero-order valence-electron chi connectivity index (χ0n) is 6.65. The number of carboxylic acids is 1. The molecule has 1 aromatic heterocycles. The van der Waals surface area contributed by atoms with Gasteiger partial charge in [-0.3, -0.25) is 0 Å². The molecule has 15 heavy (non-hydrogen) atoms. The summed E-state index contributed by atoms with van der Waals surface area (Å²) >= 11 is 0. The summed E-state index contributed by atoms with van der Waals surface area (Å²) in [6, 6.07) is 0. The third-order valence-corrected chi connectivity index (χ3v) is 0.641. The van der Waals surface area contributed by atoms with E-state index in [9.17, 15) is 26.3 Å². The molecule has 1 rings (SSSR count). The fourth-order valence-electron chi connectivity index (χ4n) is 0.115. The van der Waals surface area contributed by atoms with E-state index in [1.807, 2.05) is 0 Å². The maximum absolute atomic E-state index is 11.0. The summed E-state index contributed by atoms with van der Waals surface area (Å²) < 4.78 is 71.3. The molecule has 0 amide bonds. The van der Waals surface area contributed by atoms with Gasteiger partial charge in [0.25, 0.3) is 0 Å². The number of rotatable bonds is 0. The van der Waals surface area contributed by atoms with Gasteiger partial charge in [0.15, 0.2) is 0 Å². The van der Waals surface area contributed by atoms with Gasteiger partial charge in [-0.25, -0.2) is 4.79 Å². The number of hydrogen-bond donors (Lipinski definition) is 1. The topological polar surface area (TPSA) is 63.6 Å². The Kier molecular flexibility index (Phi) is 5.84. The Morgan fingerprint density at radius 3 is 1.33 bits per heavy atom. The third-order valence-electron chi connectivity index (χ3n) is 0.641. The molecule has 0 aliphatic carbocycles. The number of halogens is 6. The first-order valence-electron chi connectivity index (χ1n) is 2.64. The number of carbonyl (C=O) groups is 1. The molecule has 86 valence electrons. The van der Waals surface area contributed by atoms with E-state index >= 15 is 0 Å². The van der Waals surface area contributed by atoms with E-state index in [0.29, 0.717) is 0 Å². The standard InChI is InChI=1S/C2F3O2.C2HF3O2.Zn/c3-2(4,5)1-6-7-1;3-2(4,5)1(6)7;/h;(H,6,7);/q-1;;. The SMILES string of the molecule is FC(F)(F)[c-]1oo1.O=C(O)C(F)(F)F.[Zn]. The maximum Gasteiger partial charge on any atom is 0.490 e. The second-order valence-electron chi connectivity index (χ2n) is 1.75. The average molecular weight is 292 g/mol. The Balaban J connectivity index is 0. The Morgan fingerprint density at radius 1 is 1.07 bits per heavy atom. The minimum Gasteiger partial charge on any atom is -0.475 e. The molecule has 0 unspecified atom stereocenters. The minimum absolute atomic E-state index is 0. The summed E-state index contributed by atoms with van der Waals surface area (Å²) in [5.41, 5.74) is 0. The molecule has 0 fully saturated rings. The van der Waals surface area contributed by atoms with Crippen LogP contribution in [0.2, 0.25) is 0 Å². The Hall–Kier alpha value is -0.857. The van der Waals surface area contributed by atoms with Crippen molar-refractivity contribution in [3.8, 4) is 0 Å². The van der Waals surface area contributed by atoms with Crippen molar-refractivity contribution in [1.82, 2.24) is 0 Å². The molecule has 0 radical (unpaired) electrons. The molecule has 0 saturated heterocycles. The molecule has 1 N–H and O–H groups in total. The zero-order valence-corrected chi connectivity index (χ0v) is 9.61. The largest absolute Gasteiger partial charge is 0.490 e. The summed E-state index contributed by atoms with van der Waals surface area (Å²) in [7, 11) is 0. The van der Waals surface area contributed by atoms with Crippen LogP contribution in [0.15, 0.2) is 9.15 Å². The first kappa shape index (κ1) is 16.6. The summed E-state index contributed by atoms with van der Waals surface area (Å²) in [6.07, 6.45) is -9.50. The predicted octanol–water partition coefficient (Wildman–Crippen LogP) is 2.24. The van der Waals surface area contributed by atoms with Crippen LogP contribution in [0.25, 0.3) is 0 Å². The van der Waals surface area contributed by atoms with Crippen molar-refractivity contribution in [3.63, 3.8) is 0 Å². The van der Waals surface area contributed by atoms with Crippen LogP contribution in [-0.2, 0) is 30.4 Å². The van der Waals surface area contributed by atoms with Crippen molar-refractivity contribution in [1.29, 1.82) is 0 Å². The van der Waals surface area contributed by atoms with Gasteiger partial charge in [0.2, 0.25) is 0 Å². The number of carboxylic acid groups (broad SMARTS) is 1. The van der Waals surface area contributed by atoms with E-state index in [0.717, 1.165) is 0 Å². The molecule has 0 aliphatic rings. The smallest absolute Gasteiger partial charge is 0.475 e. The Labute approximate surface area is 89.9 Å². The molecular formula is C4HF6O4Zn-. The van der Waals surface area contributed by atoms with Gasteiger partial charge in [0.1, 0.15) is 5.96 Å². The molecule has 0 spiro atoms. The first-order valence-corrected chi connectivity index (χ1v) is 2.64. The van der Waals surface area contributed by atoms with Crippen molar-refractivity contribution in [2.24, 2.45) is 0 Å². The van der Waals surface area contributed by atoms with Gasteiger partial charge < -0.3 is 14.3 Å². The number of aliphatic carboxylic acids is 1. The normalized spacial score (nSPS) is 11.3. The monoisotopic (exact) mass is 291 g/mol. The van der Waals surface area contributed by atoms with Crippen molar-refractivity contribution >= 4 is 5.97 Å². The van der Waals surface area contributed by atoms with Gasteiger partial charge in [-0.2, -0.15) is 26.3 Å². The molecule has 0 aliphatic heterocycles. The first-order chi connectivity index (χ1) is 6.05. The van der Waals surface area contributed by atoms with E-state index in [1.54, 1.807) is 0 Å². The van der Waals surface area contributed by atoms with Crippen molar-refractivity contribution < 1.29 is 64.9 Å². The molecule has 1 aromatic rings. The minimum atomic E-state index is -5.08. The van der Waals surface area contributed by atoms with E-state index in [2.05, 4.69) is 9.15 Å². The number of hydrogen-bond acceptors (Lipinski definition) is 3. The fraction of sp³-hybridized carbons (Fsp3) is 0.500. The summed E-state index contributed by atoms with van der Waals surface area (Å²) in [4.78, 5) is 8.90. The van der Waals surface area contributed by atoms with Crippen LogP contribution in [0.4, 0.5) is 26.3 Å². The second kappa shape index (κ2) is 5.29. The summed E-state index contributed by atoms with van der Waals surface area (Å²) in [6.45, 7) is 0. The van der Waals surface area contributed by atoms with Crippen LogP contribution >= 0.6 is 0 Å². The van der Waals surface area contributed by atoms with Crippen LogP contribution in [-0.4, -0.2) is 17.3 Å². The van der Waals surface area contributed by atoms with Gasteiger partial charge in [0.05, 0.1) is 0 Å². The predicted molar refractivity (Wildman–Crippen MR) is 25.3 cm³/mol. The Bertz CT molecular complexity index is 268. The van der Waals surface area contributed by atoms with Crippen LogP contribution in [0.3, 0.4) is 0 Å². The second-order valence-corrected chi connectivity index (χ2v) is 1.75. The van der Waals surface area contributed by atoms with E-state index in [4.69, 9.17) is 9.90 Å². The van der Waals surface area contributed by atoms with E-state index < -0.39 is 24.3 Å². The molecule has 0 atom stereocenters. The molecule has 0 bridgehead atoms. The molecule has 4 nitrogen and oxygen atoms in total. The van der Waals surface area contributed by atoms with Gasteiger partial charge >= 0.3 is 18.3 Å². The van der Waals surface area contributed by atoms with E-state index in [1.165, 1.54) is 0 Å². The molecule has 1 heterocycles. The molecule has 0 aromatic carbocycles. The molecule has 0 saturated carbocycles. The van der Waals surface area contributed by atoms with Gasteiger partial charge in [-0.1, -0.05) is 0 Å². The van der Waals surface area contributed by atoms with Crippen LogP contribution in [0, 0.1) is 0 Å². The van der Waals surface area contributed by atoms with Crippen LogP contribution in [0.5, 0.6) is 0 Å². The quantitative estimate of drug-likeness (QED) is 0.345. The maximum atomic E-state index is 11.0. The average Bonchev–Trinajstić information content (AvgIpc) is 2.62. The van der Waals surface area contributed by atoms with Crippen LogP contribution in [0.1, 0.15) is 5.96 Å². The van der Waals surface area contributed by atoms with Crippen LogP contribution < -0.4 is 0 Å². The fourth-order valence-corrected chi connectivity index (χ4v) is 0.115. The Morgan fingerprint density at radius 2 is 1.33 bits per heavy atom.